The van der Waals surface area contributed by atoms with Crippen LogP contribution in [0, 0.1) is 0 Å². The molecule has 9 nitrogen and oxygen atoms in total. The van der Waals surface area contributed by atoms with Crippen LogP contribution < -0.4 is 5.32 Å². The Morgan fingerprint density at radius 2 is 0.805 bits per heavy atom. The van der Waals surface area contributed by atoms with Crippen molar-refractivity contribution in [2.75, 3.05) is 13.2 Å². The molecule has 1 heterocycles. The van der Waals surface area contributed by atoms with Crippen LogP contribution >= 0.6 is 0 Å². The maximum Gasteiger partial charge on any atom is 0.220 e. The van der Waals surface area contributed by atoms with Gasteiger partial charge < -0.3 is 40.3 Å². The van der Waals surface area contributed by atoms with E-state index in [-0.39, 0.29) is 12.5 Å². The second-order valence-corrected chi connectivity index (χ2v) is 22.9. The van der Waals surface area contributed by atoms with Crippen LogP contribution in [0.3, 0.4) is 0 Å². The van der Waals surface area contributed by atoms with Crippen LogP contribution in [0.5, 0.6) is 0 Å². The lowest BCUT2D eigenvalue weighted by atomic mass is 9.99. The minimum Gasteiger partial charge on any atom is -0.394 e. The first-order valence-corrected chi connectivity index (χ1v) is 33.0. The number of rotatable bonds is 57. The SMILES string of the molecule is CC/C=C\C/C=C\C/C=C\C/C=C\C/C=C\CCCCCCCCCCCC(=O)NC(COC1OC(CO)C(O)C(O)C1O)C(O)CCCCCCCCCCCCCCCCCCCCCCCCCCCCCCC. The Balaban J connectivity index is 2.15. The molecule has 0 aliphatic carbocycles. The van der Waals surface area contributed by atoms with E-state index in [1.165, 1.54) is 205 Å². The van der Waals surface area contributed by atoms with Crippen LogP contribution in [0.25, 0.3) is 0 Å². The van der Waals surface area contributed by atoms with E-state index in [0.29, 0.717) is 12.8 Å². The van der Waals surface area contributed by atoms with Crippen LogP contribution in [0.4, 0.5) is 0 Å². The van der Waals surface area contributed by atoms with Gasteiger partial charge in [-0.25, -0.2) is 0 Å². The summed E-state index contributed by atoms with van der Waals surface area (Å²) in [6.45, 7) is 3.76. The first-order valence-electron chi connectivity index (χ1n) is 33.0. The second kappa shape index (κ2) is 57.1. The number of carbonyl (C=O) groups is 1. The molecule has 77 heavy (non-hydrogen) atoms. The molecule has 0 spiro atoms. The van der Waals surface area contributed by atoms with Crippen molar-refractivity contribution >= 4 is 5.91 Å². The quantitative estimate of drug-likeness (QED) is 0.0261. The molecule has 1 aliphatic rings. The highest BCUT2D eigenvalue weighted by Crippen LogP contribution is 2.23. The van der Waals surface area contributed by atoms with Gasteiger partial charge in [0, 0.05) is 6.42 Å². The summed E-state index contributed by atoms with van der Waals surface area (Å²) >= 11 is 0. The normalized spacial score (nSPS) is 19.1. The third kappa shape index (κ3) is 46.2. The highest BCUT2D eigenvalue weighted by molar-refractivity contribution is 5.76. The fourth-order valence-corrected chi connectivity index (χ4v) is 10.5. The van der Waals surface area contributed by atoms with Crippen molar-refractivity contribution in [3.63, 3.8) is 0 Å². The van der Waals surface area contributed by atoms with E-state index in [9.17, 15) is 30.3 Å². The van der Waals surface area contributed by atoms with Crippen LogP contribution in [0.1, 0.15) is 309 Å². The molecule has 7 atom stereocenters. The predicted octanol–water partition coefficient (Wildman–Crippen LogP) is 17.4. The predicted molar refractivity (Wildman–Crippen MR) is 327 cm³/mol. The number of nitrogens with one attached hydrogen (secondary N) is 1. The number of hydrogen-bond acceptors (Lipinski definition) is 8. The van der Waals surface area contributed by atoms with E-state index in [1.54, 1.807) is 0 Å². The third-order valence-electron chi connectivity index (χ3n) is 15.6. The Bertz CT molecular complexity index is 1400. The summed E-state index contributed by atoms with van der Waals surface area (Å²) in [7, 11) is 0. The van der Waals surface area contributed by atoms with Gasteiger partial charge in [0.25, 0.3) is 0 Å². The van der Waals surface area contributed by atoms with E-state index in [2.05, 4.69) is 79.9 Å². The van der Waals surface area contributed by atoms with Crippen molar-refractivity contribution in [3.05, 3.63) is 60.8 Å². The summed E-state index contributed by atoms with van der Waals surface area (Å²) < 4.78 is 11.4. The van der Waals surface area contributed by atoms with Crippen molar-refractivity contribution in [1.29, 1.82) is 0 Å². The molecule has 6 N–H and O–H groups in total. The first kappa shape index (κ1) is 72.9. The molecule has 1 amide bonds. The van der Waals surface area contributed by atoms with E-state index in [1.807, 2.05) is 0 Å². The van der Waals surface area contributed by atoms with Crippen LogP contribution in [0.2, 0.25) is 0 Å². The second-order valence-electron chi connectivity index (χ2n) is 22.9. The first-order chi connectivity index (χ1) is 37.8. The van der Waals surface area contributed by atoms with Crippen LogP contribution in [-0.2, 0) is 14.3 Å². The largest absolute Gasteiger partial charge is 0.394 e. The maximum atomic E-state index is 13.1. The molecular formula is C68H125NO8. The van der Waals surface area contributed by atoms with Crippen molar-refractivity contribution in [3.8, 4) is 0 Å². The lowest BCUT2D eigenvalue weighted by Gasteiger charge is -2.40. The molecule has 7 unspecified atom stereocenters. The standard InChI is InChI=1S/C68H125NO8/c1-3-5-7-9-11-13-15-17-19-21-23-25-27-29-30-31-32-34-35-37-39-41-43-45-47-49-51-53-55-57-62(71)61(60-76-68-67(75)66(74)65(73)63(59-70)77-68)69-64(72)58-56-54-52-50-48-46-44-42-40-38-36-33-28-26-24-22-20-18-16-14-12-10-8-6-4-2/h6,8,12,14,18,20,24,26,33,36,61-63,65-68,70-71,73-75H,3-5,7,9-11,13,15-17,19,21-23,25,27-32,34-35,37-60H2,1-2H3,(H,69,72)/b8-6-,14-12-,20-18-,26-24-,36-33-. The smallest absolute Gasteiger partial charge is 0.220 e. The Labute approximate surface area is 475 Å². The van der Waals surface area contributed by atoms with Gasteiger partial charge in [0.2, 0.25) is 5.91 Å². The van der Waals surface area contributed by atoms with Gasteiger partial charge in [0.1, 0.15) is 24.4 Å². The molecule has 1 fully saturated rings. The fraction of sp³-hybridized carbons (Fsp3) is 0.838. The molecule has 0 aromatic heterocycles. The molecule has 450 valence electrons. The molecule has 0 saturated carbocycles. The number of aliphatic hydroxyl groups excluding tert-OH is 5. The number of aliphatic hydroxyl groups is 5. The van der Waals surface area contributed by atoms with Gasteiger partial charge in [0.05, 0.1) is 25.4 Å². The van der Waals surface area contributed by atoms with Gasteiger partial charge >= 0.3 is 0 Å². The maximum absolute atomic E-state index is 13.1. The van der Waals surface area contributed by atoms with Gasteiger partial charge in [-0.15, -0.1) is 0 Å². The summed E-state index contributed by atoms with van der Waals surface area (Å²) in [5.41, 5.74) is 0. The van der Waals surface area contributed by atoms with Crippen molar-refractivity contribution < 1.29 is 39.8 Å². The molecule has 1 saturated heterocycles. The number of hydrogen-bond donors (Lipinski definition) is 6. The number of ether oxygens (including phenoxy) is 2. The van der Waals surface area contributed by atoms with E-state index >= 15 is 0 Å². The zero-order chi connectivity index (χ0) is 55.8. The van der Waals surface area contributed by atoms with E-state index in [0.717, 1.165) is 77.0 Å². The van der Waals surface area contributed by atoms with E-state index in [4.69, 9.17) is 9.47 Å². The molecular weight excluding hydrogens is 959 g/mol. The summed E-state index contributed by atoms with van der Waals surface area (Å²) in [5.74, 6) is -0.149. The van der Waals surface area contributed by atoms with E-state index < -0.39 is 49.5 Å². The minimum absolute atomic E-state index is 0.141. The van der Waals surface area contributed by atoms with Gasteiger partial charge in [0.15, 0.2) is 6.29 Å². The molecule has 0 bridgehead atoms. The van der Waals surface area contributed by atoms with Crippen LogP contribution in [0.15, 0.2) is 60.8 Å². The third-order valence-corrected chi connectivity index (χ3v) is 15.6. The molecule has 0 radical (unpaired) electrons. The van der Waals surface area contributed by atoms with Gasteiger partial charge in [-0.05, 0) is 57.8 Å². The molecule has 1 rings (SSSR count). The average Bonchev–Trinajstić information content (AvgIpc) is 3.43. The fourth-order valence-electron chi connectivity index (χ4n) is 10.5. The highest BCUT2D eigenvalue weighted by Gasteiger charge is 2.44. The van der Waals surface area contributed by atoms with Crippen molar-refractivity contribution in [2.24, 2.45) is 0 Å². The topological polar surface area (TPSA) is 149 Å². The number of unbranched alkanes of at least 4 members (excludes halogenated alkanes) is 37. The van der Waals surface area contributed by atoms with Gasteiger partial charge in [-0.3, -0.25) is 4.79 Å². The summed E-state index contributed by atoms with van der Waals surface area (Å²) in [4.78, 5) is 13.1. The Kier molecular flexibility index (Phi) is 54.1. The summed E-state index contributed by atoms with van der Waals surface area (Å²) in [5, 5.41) is 54.9. The Morgan fingerprint density at radius 3 is 1.19 bits per heavy atom. The highest BCUT2D eigenvalue weighted by atomic mass is 16.7. The zero-order valence-corrected chi connectivity index (χ0v) is 50.2. The number of carbonyl (C=O) groups excluding carboxylic acids is 1. The number of allylic oxidation sites excluding steroid dienone is 10. The van der Waals surface area contributed by atoms with Crippen molar-refractivity contribution in [2.45, 2.75) is 352 Å². The lowest BCUT2D eigenvalue weighted by molar-refractivity contribution is -0.302. The molecule has 0 aromatic rings. The Morgan fingerprint density at radius 1 is 0.455 bits per heavy atom. The Hall–Kier alpha value is -2.11. The zero-order valence-electron chi connectivity index (χ0n) is 50.2. The molecule has 0 aromatic carbocycles. The van der Waals surface area contributed by atoms with Gasteiger partial charge in [-0.2, -0.15) is 0 Å². The molecule has 1 aliphatic heterocycles. The number of amides is 1. The summed E-state index contributed by atoms with van der Waals surface area (Å²) in [6.07, 6.45) is 71.3. The summed E-state index contributed by atoms with van der Waals surface area (Å²) in [6, 6.07) is -0.727. The average molecular weight is 1080 g/mol. The monoisotopic (exact) mass is 1080 g/mol. The van der Waals surface area contributed by atoms with Gasteiger partial charge in [-0.1, -0.05) is 306 Å². The lowest BCUT2D eigenvalue weighted by Crippen LogP contribution is -2.60. The minimum atomic E-state index is -1.56. The van der Waals surface area contributed by atoms with Crippen molar-refractivity contribution in [1.82, 2.24) is 5.32 Å². The molecule has 9 heteroatoms. The van der Waals surface area contributed by atoms with Crippen LogP contribution in [-0.4, -0.2) is 87.5 Å².